The molecule has 1 aromatic rings. The van der Waals surface area contributed by atoms with Crippen molar-refractivity contribution in [3.05, 3.63) is 23.3 Å². The lowest BCUT2D eigenvalue weighted by atomic mass is 10.1. The molecule has 0 atom stereocenters. The van der Waals surface area contributed by atoms with Gasteiger partial charge in [-0.1, -0.05) is 0 Å². The molecule has 1 aromatic carbocycles. The first-order valence-corrected chi connectivity index (χ1v) is 5.61. The average molecular weight is 222 g/mol. The highest BCUT2D eigenvalue weighted by molar-refractivity contribution is 5.44. The molecule has 1 heterocycles. The maximum absolute atomic E-state index is 9.74. The number of phenols is 2. The molecule has 0 aromatic heterocycles. The molecule has 4 nitrogen and oxygen atoms in total. The van der Waals surface area contributed by atoms with Crippen molar-refractivity contribution in [2.75, 3.05) is 26.2 Å². The zero-order valence-electron chi connectivity index (χ0n) is 9.53. The van der Waals surface area contributed by atoms with E-state index >= 15 is 0 Å². The van der Waals surface area contributed by atoms with Crippen LogP contribution in [0.25, 0.3) is 0 Å². The second-order valence-electron chi connectivity index (χ2n) is 4.29. The number of phenolic OH excluding ortho intramolecular Hbond substituents is 2. The highest BCUT2D eigenvalue weighted by Crippen LogP contribution is 2.27. The van der Waals surface area contributed by atoms with Crippen LogP contribution >= 0.6 is 0 Å². The number of hydrogen-bond acceptors (Lipinski definition) is 4. The van der Waals surface area contributed by atoms with Crippen LogP contribution in [0, 0.1) is 6.92 Å². The lowest BCUT2D eigenvalue weighted by molar-refractivity contribution is 0.230. The second-order valence-corrected chi connectivity index (χ2v) is 4.29. The molecule has 2 rings (SSSR count). The Labute approximate surface area is 95.5 Å². The number of nitrogens with one attached hydrogen (secondary N) is 1. The van der Waals surface area contributed by atoms with Gasteiger partial charge in [-0.15, -0.1) is 0 Å². The highest BCUT2D eigenvalue weighted by atomic mass is 16.3. The van der Waals surface area contributed by atoms with Gasteiger partial charge in [0.1, 0.15) is 11.5 Å². The van der Waals surface area contributed by atoms with Crippen molar-refractivity contribution >= 4 is 0 Å². The number of aryl methyl sites for hydroxylation is 1. The minimum atomic E-state index is 0.154. The SMILES string of the molecule is Cc1cc(CN2CCNCC2)c(O)cc1O. The van der Waals surface area contributed by atoms with Gasteiger partial charge in [0.25, 0.3) is 0 Å². The van der Waals surface area contributed by atoms with Gasteiger partial charge in [0.05, 0.1) is 0 Å². The Hall–Kier alpha value is -1.26. The predicted molar refractivity (Wildman–Crippen MR) is 62.7 cm³/mol. The third-order valence-electron chi connectivity index (χ3n) is 3.00. The monoisotopic (exact) mass is 222 g/mol. The van der Waals surface area contributed by atoms with E-state index in [1.165, 1.54) is 6.07 Å². The molecule has 1 aliphatic rings. The number of aromatic hydroxyl groups is 2. The van der Waals surface area contributed by atoms with Gasteiger partial charge < -0.3 is 15.5 Å². The zero-order valence-corrected chi connectivity index (χ0v) is 9.53. The molecule has 0 bridgehead atoms. The normalized spacial score (nSPS) is 17.6. The van der Waals surface area contributed by atoms with Crippen LogP contribution in [0.5, 0.6) is 11.5 Å². The quantitative estimate of drug-likeness (QED) is 0.693. The molecule has 0 amide bonds. The summed E-state index contributed by atoms with van der Waals surface area (Å²) in [6, 6.07) is 3.28. The van der Waals surface area contributed by atoms with Gasteiger partial charge in [-0.3, -0.25) is 4.90 Å². The molecule has 0 radical (unpaired) electrons. The third kappa shape index (κ3) is 2.46. The summed E-state index contributed by atoms with van der Waals surface area (Å²) in [7, 11) is 0. The molecule has 0 unspecified atom stereocenters. The minimum Gasteiger partial charge on any atom is -0.508 e. The van der Waals surface area contributed by atoms with Crippen LogP contribution in [0.3, 0.4) is 0 Å². The number of nitrogens with zero attached hydrogens (tertiary/aromatic N) is 1. The first kappa shape index (κ1) is 11.2. The Balaban J connectivity index is 2.11. The lowest BCUT2D eigenvalue weighted by Crippen LogP contribution is -2.42. The van der Waals surface area contributed by atoms with E-state index in [1.807, 2.05) is 13.0 Å². The number of rotatable bonds is 2. The zero-order chi connectivity index (χ0) is 11.5. The molecule has 4 heteroatoms. The second kappa shape index (κ2) is 4.72. The summed E-state index contributed by atoms with van der Waals surface area (Å²) in [5, 5.41) is 22.5. The van der Waals surface area contributed by atoms with E-state index in [1.54, 1.807) is 0 Å². The van der Waals surface area contributed by atoms with Gasteiger partial charge in [0.15, 0.2) is 0 Å². The van der Waals surface area contributed by atoms with Crippen LogP contribution in [-0.4, -0.2) is 41.3 Å². The Morgan fingerprint density at radius 2 is 1.88 bits per heavy atom. The summed E-state index contributed by atoms with van der Waals surface area (Å²) in [6.45, 7) is 6.58. The standard InChI is InChI=1S/C12H18N2O2/c1-9-6-10(12(16)7-11(9)15)8-14-4-2-13-3-5-14/h6-7,13,15-16H,2-5,8H2,1H3. The predicted octanol–water partition coefficient (Wildman–Crippen LogP) is 0.811. The molecule has 0 spiro atoms. The van der Waals surface area contributed by atoms with Gasteiger partial charge in [-0.25, -0.2) is 0 Å². The van der Waals surface area contributed by atoms with E-state index in [-0.39, 0.29) is 11.5 Å². The maximum Gasteiger partial charge on any atom is 0.123 e. The summed E-state index contributed by atoms with van der Waals surface area (Å²) in [5.41, 5.74) is 1.69. The van der Waals surface area contributed by atoms with Crippen molar-refractivity contribution in [2.45, 2.75) is 13.5 Å². The maximum atomic E-state index is 9.74. The van der Waals surface area contributed by atoms with Crippen LogP contribution in [-0.2, 0) is 6.54 Å². The summed E-state index contributed by atoms with van der Waals surface area (Å²) in [6.07, 6.45) is 0. The van der Waals surface area contributed by atoms with Crippen molar-refractivity contribution in [3.8, 4) is 11.5 Å². The fourth-order valence-corrected chi connectivity index (χ4v) is 1.98. The highest BCUT2D eigenvalue weighted by Gasteiger charge is 2.13. The largest absolute Gasteiger partial charge is 0.508 e. The molecule has 88 valence electrons. The van der Waals surface area contributed by atoms with Gasteiger partial charge in [0.2, 0.25) is 0 Å². The number of benzene rings is 1. The molecule has 0 saturated carbocycles. The van der Waals surface area contributed by atoms with Gasteiger partial charge in [-0.2, -0.15) is 0 Å². The van der Waals surface area contributed by atoms with Gasteiger partial charge in [0, 0.05) is 44.4 Å². The minimum absolute atomic E-state index is 0.154. The molecule has 16 heavy (non-hydrogen) atoms. The third-order valence-corrected chi connectivity index (χ3v) is 3.00. The molecular weight excluding hydrogens is 204 g/mol. The van der Waals surface area contributed by atoms with E-state index in [0.29, 0.717) is 0 Å². The average Bonchev–Trinajstić information content (AvgIpc) is 2.27. The van der Waals surface area contributed by atoms with Crippen LogP contribution < -0.4 is 5.32 Å². The van der Waals surface area contributed by atoms with E-state index in [9.17, 15) is 10.2 Å². The molecule has 1 aliphatic heterocycles. The van der Waals surface area contributed by atoms with Crippen LogP contribution in [0.15, 0.2) is 12.1 Å². The Morgan fingerprint density at radius 1 is 1.19 bits per heavy atom. The fourth-order valence-electron chi connectivity index (χ4n) is 1.98. The summed E-state index contributed by atoms with van der Waals surface area (Å²) in [5.74, 6) is 0.336. The van der Waals surface area contributed by atoms with Crippen molar-refractivity contribution in [3.63, 3.8) is 0 Å². The van der Waals surface area contributed by atoms with Crippen molar-refractivity contribution in [2.24, 2.45) is 0 Å². The Morgan fingerprint density at radius 3 is 2.56 bits per heavy atom. The van der Waals surface area contributed by atoms with Gasteiger partial charge >= 0.3 is 0 Å². The van der Waals surface area contributed by atoms with E-state index in [2.05, 4.69) is 10.2 Å². The molecular formula is C12H18N2O2. The smallest absolute Gasteiger partial charge is 0.123 e. The first-order valence-electron chi connectivity index (χ1n) is 5.61. The van der Waals surface area contributed by atoms with E-state index in [4.69, 9.17) is 0 Å². The Kier molecular flexibility index (Phi) is 3.31. The number of hydrogen-bond donors (Lipinski definition) is 3. The topological polar surface area (TPSA) is 55.7 Å². The molecule has 3 N–H and O–H groups in total. The van der Waals surface area contributed by atoms with Crippen LogP contribution in [0.4, 0.5) is 0 Å². The van der Waals surface area contributed by atoms with E-state index < -0.39 is 0 Å². The molecule has 1 fully saturated rings. The van der Waals surface area contributed by atoms with Crippen molar-refractivity contribution < 1.29 is 10.2 Å². The fraction of sp³-hybridized carbons (Fsp3) is 0.500. The van der Waals surface area contributed by atoms with Crippen LogP contribution in [0.2, 0.25) is 0 Å². The lowest BCUT2D eigenvalue weighted by Gasteiger charge is -2.27. The first-order chi connectivity index (χ1) is 7.66. The van der Waals surface area contributed by atoms with Crippen molar-refractivity contribution in [1.82, 2.24) is 10.2 Å². The van der Waals surface area contributed by atoms with Crippen molar-refractivity contribution in [1.29, 1.82) is 0 Å². The van der Waals surface area contributed by atoms with Gasteiger partial charge in [-0.05, 0) is 18.6 Å². The Bertz CT molecular complexity index is 374. The molecule has 0 aliphatic carbocycles. The summed E-state index contributed by atoms with van der Waals surface area (Å²) < 4.78 is 0. The summed E-state index contributed by atoms with van der Waals surface area (Å²) in [4.78, 5) is 2.29. The van der Waals surface area contributed by atoms with Crippen LogP contribution in [0.1, 0.15) is 11.1 Å². The molecule has 1 saturated heterocycles. The number of piperazine rings is 1. The van der Waals surface area contributed by atoms with E-state index in [0.717, 1.165) is 43.9 Å². The summed E-state index contributed by atoms with van der Waals surface area (Å²) >= 11 is 0.